The molecule has 0 aromatic heterocycles. The van der Waals surface area contributed by atoms with Crippen molar-refractivity contribution in [1.29, 1.82) is 0 Å². The number of rotatable bonds is 13. The molecule has 10 rings (SSSR count). The van der Waals surface area contributed by atoms with Crippen LogP contribution in [0.4, 0.5) is 13.2 Å². The van der Waals surface area contributed by atoms with Gasteiger partial charge in [0.05, 0.1) is 0 Å². The third kappa shape index (κ3) is 10.8. The molecule has 3 atom stereocenters. The van der Waals surface area contributed by atoms with E-state index in [4.69, 9.17) is 0 Å². The first-order valence-electron chi connectivity index (χ1n) is 28.0. The van der Waals surface area contributed by atoms with Crippen molar-refractivity contribution in [1.82, 2.24) is 0 Å². The summed E-state index contributed by atoms with van der Waals surface area (Å²) in [6.07, 6.45) is 29.5. The number of allylic oxidation sites excluding steroid dienone is 2. The van der Waals surface area contributed by atoms with E-state index in [0.717, 1.165) is 12.8 Å². The summed E-state index contributed by atoms with van der Waals surface area (Å²) in [6, 6.07) is 32.5. The van der Waals surface area contributed by atoms with Gasteiger partial charge in [-0.15, -0.1) is 0 Å². The van der Waals surface area contributed by atoms with E-state index < -0.39 is 34.1 Å². The quantitative estimate of drug-likeness (QED) is 0.0925. The van der Waals surface area contributed by atoms with Gasteiger partial charge in [0.2, 0.25) is 0 Å². The second kappa shape index (κ2) is 21.7. The molecular formula is C62H78Cl2F3SiZr. The van der Waals surface area contributed by atoms with Crippen molar-refractivity contribution < 1.29 is 28.7 Å². The fourth-order valence-electron chi connectivity index (χ4n) is 15.0. The number of hydrogen-bond acceptors (Lipinski definition) is 0. The Bertz CT molecular complexity index is 2290. The Morgan fingerprint density at radius 3 is 1.23 bits per heavy atom. The molecular weight excluding hydrogens is 992 g/mol. The number of hydrogen-bond donors (Lipinski definition) is 0. The van der Waals surface area contributed by atoms with E-state index in [9.17, 15) is 30.2 Å². The van der Waals surface area contributed by atoms with Crippen LogP contribution >= 0.6 is 17.0 Å². The first-order valence-corrected chi connectivity index (χ1v) is 43.9. The molecule has 4 aromatic carbocycles. The second-order valence-corrected chi connectivity index (χ2v) is 64.6. The van der Waals surface area contributed by atoms with Gasteiger partial charge in [0, 0.05) is 0 Å². The summed E-state index contributed by atoms with van der Waals surface area (Å²) in [5, 5.41) is 0. The van der Waals surface area contributed by atoms with E-state index in [1.165, 1.54) is 208 Å². The summed E-state index contributed by atoms with van der Waals surface area (Å²) < 4.78 is 43.7. The average molecular weight is 1070 g/mol. The van der Waals surface area contributed by atoms with E-state index >= 15 is 0 Å². The van der Waals surface area contributed by atoms with Crippen molar-refractivity contribution in [3.8, 4) is 22.3 Å². The molecule has 0 aliphatic heterocycles. The van der Waals surface area contributed by atoms with Gasteiger partial charge in [-0.3, -0.25) is 0 Å². The Morgan fingerprint density at radius 2 is 0.855 bits per heavy atom. The topological polar surface area (TPSA) is 0 Å². The first-order chi connectivity index (χ1) is 33.4. The SMILES string of the molecule is C[SiH](CCC(F)(F)F)[Zr]([Cl])([Cl])([CH]1C(CC2CCCCCC2)=Cc2c(-c3ccc(C4CCCCC4)cc3)cccc21)[CH]1C(CC2CCCCCC2)=Cc2c(-c3ccc(C4CCCCC4)cc3)cccc21. The number of benzene rings is 4. The molecule has 0 nitrogen and oxygen atoms in total. The summed E-state index contributed by atoms with van der Waals surface area (Å²) >= 11 is -5.74. The molecule has 0 amide bonds. The third-order valence-electron chi connectivity index (χ3n) is 18.8. The van der Waals surface area contributed by atoms with Gasteiger partial charge in [-0.1, -0.05) is 0 Å². The minimum absolute atomic E-state index is 0.0808. The van der Waals surface area contributed by atoms with E-state index in [1.54, 1.807) is 0 Å². The van der Waals surface area contributed by atoms with Crippen LogP contribution in [0.3, 0.4) is 0 Å². The van der Waals surface area contributed by atoms with Gasteiger partial charge < -0.3 is 0 Å². The van der Waals surface area contributed by atoms with Gasteiger partial charge in [-0.05, 0) is 0 Å². The molecule has 0 bridgehead atoms. The molecule has 0 radical (unpaired) electrons. The van der Waals surface area contributed by atoms with Crippen molar-refractivity contribution in [2.45, 2.75) is 198 Å². The van der Waals surface area contributed by atoms with E-state index in [-0.39, 0.29) is 13.3 Å². The zero-order chi connectivity index (χ0) is 47.6. The van der Waals surface area contributed by atoms with Crippen LogP contribution in [-0.4, -0.2) is 12.1 Å². The molecule has 4 aromatic rings. The molecule has 6 aliphatic carbocycles. The Morgan fingerprint density at radius 1 is 0.493 bits per heavy atom. The van der Waals surface area contributed by atoms with Gasteiger partial charge in [-0.2, -0.15) is 0 Å². The second-order valence-electron chi connectivity index (χ2n) is 23.2. The number of alkyl halides is 3. The molecule has 6 aliphatic rings. The van der Waals surface area contributed by atoms with Crippen LogP contribution in [0.5, 0.6) is 0 Å². The predicted molar refractivity (Wildman–Crippen MR) is 289 cm³/mol. The predicted octanol–water partition coefficient (Wildman–Crippen LogP) is 20.7. The van der Waals surface area contributed by atoms with Crippen LogP contribution < -0.4 is 0 Å². The fourth-order valence-corrected chi connectivity index (χ4v) is 55.1. The Hall–Kier alpha value is -2.17. The van der Waals surface area contributed by atoms with Gasteiger partial charge in [0.15, 0.2) is 0 Å². The molecule has 7 heteroatoms. The first kappa shape index (κ1) is 50.4. The molecule has 0 saturated heterocycles. The van der Waals surface area contributed by atoms with Crippen LogP contribution in [0, 0.1) is 11.8 Å². The summed E-state index contributed by atoms with van der Waals surface area (Å²) in [6.45, 7) is 2.20. The summed E-state index contributed by atoms with van der Waals surface area (Å²) in [5.41, 5.74) is 15.2. The molecule has 0 heterocycles. The zero-order valence-electron chi connectivity index (χ0n) is 41.6. The molecule has 369 valence electrons. The Balaban J connectivity index is 1.14. The van der Waals surface area contributed by atoms with Gasteiger partial charge >= 0.3 is 426 Å². The third-order valence-corrected chi connectivity index (χ3v) is 69.0. The van der Waals surface area contributed by atoms with E-state index in [0.29, 0.717) is 23.7 Å². The standard InChI is InChI=1S/2C29H35.C4H8F3Si.2ClH.Zr/c2*1-2-5-10-22(9-4-1)19-23-20-27-13-8-14-28(29(27)21-23)26-17-15-25(16-18-26)24-11-6-3-7-12-24;1-8-3-2-4(5,6)7;;;/h2*8,13-18,20-22,24H,1-7,9-12,19H2;8H,2-3H2,1H3;2*1H;/q;;;;;+2/p-2. The Kier molecular flexibility index (Phi) is 15.9. The fraction of sp³-hybridized carbons (Fsp3) is 0.548. The minimum atomic E-state index is -5.74. The molecule has 4 fully saturated rings. The van der Waals surface area contributed by atoms with Crippen LogP contribution in [0.1, 0.15) is 213 Å². The average Bonchev–Trinajstić information content (AvgIpc) is 3.68. The van der Waals surface area contributed by atoms with Gasteiger partial charge in [0.25, 0.3) is 0 Å². The van der Waals surface area contributed by atoms with Crippen molar-refractivity contribution >= 4 is 35.1 Å². The summed E-state index contributed by atoms with van der Waals surface area (Å²) in [4.78, 5) is 0. The normalized spacial score (nSPS) is 23.5. The van der Waals surface area contributed by atoms with Crippen LogP contribution in [0.25, 0.3) is 34.4 Å². The van der Waals surface area contributed by atoms with Crippen LogP contribution in [0.2, 0.25) is 12.6 Å². The van der Waals surface area contributed by atoms with Gasteiger partial charge in [-0.25, -0.2) is 0 Å². The molecule has 4 saturated carbocycles. The maximum atomic E-state index is 14.7. The van der Waals surface area contributed by atoms with E-state index in [1.807, 2.05) is 0 Å². The monoisotopic (exact) mass is 1070 g/mol. The van der Waals surface area contributed by atoms with Crippen molar-refractivity contribution in [3.63, 3.8) is 0 Å². The summed E-state index contributed by atoms with van der Waals surface area (Å²) in [7, 11) is 18.5. The summed E-state index contributed by atoms with van der Waals surface area (Å²) in [5.74, 6) is -0.261. The zero-order valence-corrected chi connectivity index (χ0v) is 46.7. The van der Waals surface area contributed by atoms with Crippen LogP contribution in [0.15, 0.2) is 96.1 Å². The molecule has 0 N–H and O–H groups in total. The Labute approximate surface area is 422 Å². The van der Waals surface area contributed by atoms with Crippen molar-refractivity contribution in [2.24, 2.45) is 11.8 Å². The molecule has 0 spiro atoms. The number of fused-ring (bicyclic) bond motifs is 2. The van der Waals surface area contributed by atoms with Crippen molar-refractivity contribution in [3.05, 3.63) is 129 Å². The molecule has 69 heavy (non-hydrogen) atoms. The molecule has 3 unspecified atom stereocenters. The van der Waals surface area contributed by atoms with Crippen LogP contribution in [-0.2, 0) is 15.6 Å². The van der Waals surface area contributed by atoms with Gasteiger partial charge in [0.1, 0.15) is 0 Å². The maximum absolute atomic E-state index is 14.7. The number of halogens is 5. The van der Waals surface area contributed by atoms with E-state index in [2.05, 4.69) is 104 Å². The van der Waals surface area contributed by atoms with Crippen molar-refractivity contribution in [2.75, 3.05) is 0 Å².